The number of ether oxygens (including phenoxy) is 1. The fourth-order valence-electron chi connectivity index (χ4n) is 2.11. The fraction of sp³-hybridized carbons (Fsp3) is 0.571. The van der Waals surface area contributed by atoms with Gasteiger partial charge in [0.25, 0.3) is 0 Å². The van der Waals surface area contributed by atoms with Crippen LogP contribution in [-0.2, 0) is 11.3 Å². The molecule has 1 atom stereocenters. The van der Waals surface area contributed by atoms with Crippen LogP contribution in [0.5, 0.6) is 0 Å². The van der Waals surface area contributed by atoms with Crippen molar-refractivity contribution in [2.24, 2.45) is 0 Å². The van der Waals surface area contributed by atoms with Gasteiger partial charge in [-0.2, -0.15) is 0 Å². The van der Waals surface area contributed by atoms with E-state index in [-0.39, 0.29) is 0 Å². The summed E-state index contributed by atoms with van der Waals surface area (Å²) >= 11 is 0. The predicted molar refractivity (Wildman–Crippen MR) is 71.4 cm³/mol. The largest absolute Gasteiger partial charge is 0.387 e. The molecule has 0 unspecified atom stereocenters. The summed E-state index contributed by atoms with van der Waals surface area (Å²) in [5.41, 5.74) is 0.621. The number of aliphatic hydroxyl groups is 1. The first-order valence-corrected chi connectivity index (χ1v) is 6.54. The molecule has 0 bridgehead atoms. The predicted octanol–water partition coefficient (Wildman–Crippen LogP) is 0.517. The zero-order valence-corrected chi connectivity index (χ0v) is 10.7. The lowest BCUT2D eigenvalue weighted by Crippen LogP contribution is -2.43. The van der Waals surface area contributed by atoms with Crippen molar-refractivity contribution in [2.75, 3.05) is 32.8 Å². The Morgan fingerprint density at radius 2 is 2.17 bits per heavy atom. The highest BCUT2D eigenvalue weighted by Gasteiger charge is 2.29. The van der Waals surface area contributed by atoms with E-state index >= 15 is 0 Å². The SMILES string of the molecule is O[C@]1(CNCCOCc2ccccc2)CCNC1. The third kappa shape index (κ3) is 4.38. The molecule has 4 nitrogen and oxygen atoms in total. The van der Waals surface area contributed by atoms with Crippen molar-refractivity contribution in [3.63, 3.8) is 0 Å². The molecule has 1 fully saturated rings. The molecule has 1 aliphatic heterocycles. The van der Waals surface area contributed by atoms with Gasteiger partial charge in [-0.3, -0.25) is 0 Å². The summed E-state index contributed by atoms with van der Waals surface area (Å²) in [5.74, 6) is 0. The first kappa shape index (κ1) is 13.5. The van der Waals surface area contributed by atoms with Gasteiger partial charge < -0.3 is 20.5 Å². The Bertz CT molecular complexity index is 337. The van der Waals surface area contributed by atoms with Crippen molar-refractivity contribution in [2.45, 2.75) is 18.6 Å². The molecule has 0 saturated carbocycles. The summed E-state index contributed by atoms with van der Waals surface area (Å²) in [6.07, 6.45) is 0.824. The van der Waals surface area contributed by atoms with Crippen LogP contribution < -0.4 is 10.6 Å². The van der Waals surface area contributed by atoms with E-state index < -0.39 is 5.60 Å². The molecular weight excluding hydrogens is 228 g/mol. The summed E-state index contributed by atoms with van der Waals surface area (Å²) in [6, 6.07) is 10.1. The van der Waals surface area contributed by atoms with Gasteiger partial charge in [-0.05, 0) is 18.5 Å². The van der Waals surface area contributed by atoms with Crippen LogP contribution in [0.25, 0.3) is 0 Å². The van der Waals surface area contributed by atoms with Crippen LogP contribution in [-0.4, -0.2) is 43.5 Å². The quantitative estimate of drug-likeness (QED) is 0.618. The van der Waals surface area contributed by atoms with Crippen LogP contribution >= 0.6 is 0 Å². The molecule has 0 radical (unpaired) electrons. The first-order valence-electron chi connectivity index (χ1n) is 6.54. The van der Waals surface area contributed by atoms with Gasteiger partial charge in [0.1, 0.15) is 0 Å². The minimum Gasteiger partial charge on any atom is -0.387 e. The van der Waals surface area contributed by atoms with Crippen molar-refractivity contribution >= 4 is 0 Å². The molecule has 100 valence electrons. The lowest BCUT2D eigenvalue weighted by molar-refractivity contribution is 0.0565. The van der Waals surface area contributed by atoms with Gasteiger partial charge in [0.05, 0.1) is 18.8 Å². The third-order valence-electron chi connectivity index (χ3n) is 3.21. The van der Waals surface area contributed by atoms with Gasteiger partial charge in [0, 0.05) is 19.6 Å². The Kier molecular flexibility index (Phi) is 5.13. The van der Waals surface area contributed by atoms with Crippen LogP contribution in [0.15, 0.2) is 30.3 Å². The van der Waals surface area contributed by atoms with Crippen molar-refractivity contribution in [3.8, 4) is 0 Å². The summed E-state index contributed by atoms with van der Waals surface area (Å²) in [6.45, 7) is 4.31. The number of nitrogens with one attached hydrogen (secondary N) is 2. The second-order valence-corrected chi connectivity index (χ2v) is 4.87. The van der Waals surface area contributed by atoms with Gasteiger partial charge in [-0.15, -0.1) is 0 Å². The van der Waals surface area contributed by atoms with E-state index in [1.807, 2.05) is 18.2 Å². The molecule has 3 N–H and O–H groups in total. The molecule has 0 amide bonds. The molecule has 0 spiro atoms. The molecule has 4 heteroatoms. The van der Waals surface area contributed by atoms with Crippen molar-refractivity contribution in [1.29, 1.82) is 0 Å². The highest BCUT2D eigenvalue weighted by Crippen LogP contribution is 2.12. The molecule has 1 aliphatic rings. The first-order chi connectivity index (χ1) is 8.79. The Labute approximate surface area is 108 Å². The third-order valence-corrected chi connectivity index (χ3v) is 3.21. The highest BCUT2D eigenvalue weighted by molar-refractivity contribution is 5.13. The zero-order valence-electron chi connectivity index (χ0n) is 10.7. The molecule has 2 rings (SSSR count). The standard InChI is InChI=1S/C14H22N2O2/c17-14(6-7-15-11-14)12-16-8-9-18-10-13-4-2-1-3-5-13/h1-5,15-17H,6-12H2/t14-/m1/s1. The average Bonchev–Trinajstić information content (AvgIpc) is 2.82. The second kappa shape index (κ2) is 6.85. The average molecular weight is 250 g/mol. The number of rotatable bonds is 7. The van der Waals surface area contributed by atoms with E-state index in [9.17, 15) is 5.11 Å². The minimum atomic E-state index is -0.570. The molecule has 1 saturated heterocycles. The summed E-state index contributed by atoms with van der Waals surface area (Å²) < 4.78 is 5.56. The zero-order chi connectivity index (χ0) is 12.7. The number of β-amino-alcohol motifs (C(OH)–C–C–N with tert-alkyl or cyclic N) is 1. The second-order valence-electron chi connectivity index (χ2n) is 4.87. The summed E-state index contributed by atoms with van der Waals surface area (Å²) in [5, 5.41) is 16.5. The van der Waals surface area contributed by atoms with E-state index in [0.29, 0.717) is 26.3 Å². The molecule has 1 heterocycles. The number of hydrogen-bond acceptors (Lipinski definition) is 4. The lowest BCUT2D eigenvalue weighted by Gasteiger charge is -2.21. The van der Waals surface area contributed by atoms with Gasteiger partial charge in [-0.25, -0.2) is 0 Å². The van der Waals surface area contributed by atoms with Crippen LogP contribution in [0.3, 0.4) is 0 Å². The summed E-state index contributed by atoms with van der Waals surface area (Å²) in [7, 11) is 0. The topological polar surface area (TPSA) is 53.5 Å². The molecule has 1 aromatic carbocycles. The van der Waals surface area contributed by atoms with Crippen LogP contribution in [0.2, 0.25) is 0 Å². The minimum absolute atomic E-state index is 0.570. The molecule has 0 aliphatic carbocycles. The maximum Gasteiger partial charge on any atom is 0.0907 e. The van der Waals surface area contributed by atoms with Crippen LogP contribution in [0.1, 0.15) is 12.0 Å². The van der Waals surface area contributed by atoms with E-state index in [0.717, 1.165) is 19.5 Å². The van der Waals surface area contributed by atoms with Crippen molar-refractivity contribution < 1.29 is 9.84 Å². The Morgan fingerprint density at radius 1 is 1.33 bits per heavy atom. The molecule has 18 heavy (non-hydrogen) atoms. The maximum atomic E-state index is 10.1. The van der Waals surface area contributed by atoms with Crippen LogP contribution in [0, 0.1) is 0 Å². The Morgan fingerprint density at radius 3 is 2.89 bits per heavy atom. The van der Waals surface area contributed by atoms with E-state index in [4.69, 9.17) is 4.74 Å². The van der Waals surface area contributed by atoms with Crippen molar-refractivity contribution in [1.82, 2.24) is 10.6 Å². The number of hydrogen-bond donors (Lipinski definition) is 3. The lowest BCUT2D eigenvalue weighted by atomic mass is 10.0. The highest BCUT2D eigenvalue weighted by atomic mass is 16.5. The number of benzene rings is 1. The van der Waals surface area contributed by atoms with Gasteiger partial charge >= 0.3 is 0 Å². The van der Waals surface area contributed by atoms with E-state index in [2.05, 4.69) is 22.8 Å². The fourth-order valence-corrected chi connectivity index (χ4v) is 2.11. The molecule has 1 aromatic rings. The van der Waals surface area contributed by atoms with Gasteiger partial charge in [-0.1, -0.05) is 30.3 Å². The normalized spacial score (nSPS) is 23.4. The van der Waals surface area contributed by atoms with E-state index in [1.165, 1.54) is 5.56 Å². The maximum absolute atomic E-state index is 10.1. The van der Waals surface area contributed by atoms with Crippen LogP contribution in [0.4, 0.5) is 0 Å². The monoisotopic (exact) mass is 250 g/mol. The Hall–Kier alpha value is -0.940. The Balaban J connectivity index is 1.51. The van der Waals surface area contributed by atoms with Crippen molar-refractivity contribution in [3.05, 3.63) is 35.9 Å². The van der Waals surface area contributed by atoms with Gasteiger partial charge in [0.2, 0.25) is 0 Å². The van der Waals surface area contributed by atoms with E-state index in [1.54, 1.807) is 0 Å². The summed E-state index contributed by atoms with van der Waals surface area (Å²) in [4.78, 5) is 0. The van der Waals surface area contributed by atoms with Gasteiger partial charge in [0.15, 0.2) is 0 Å². The molecular formula is C14H22N2O2. The molecule has 0 aromatic heterocycles. The smallest absolute Gasteiger partial charge is 0.0907 e.